The number of hydrazone groups is 1. The summed E-state index contributed by atoms with van der Waals surface area (Å²) in [5, 5.41) is 6.06. The van der Waals surface area contributed by atoms with Gasteiger partial charge in [-0.1, -0.05) is 11.6 Å². The Bertz CT molecular complexity index is 352. The van der Waals surface area contributed by atoms with Crippen molar-refractivity contribution in [2.24, 2.45) is 10.1 Å². The summed E-state index contributed by atoms with van der Waals surface area (Å²) < 4.78 is 0. The van der Waals surface area contributed by atoms with E-state index in [0.29, 0.717) is 0 Å². The zero-order chi connectivity index (χ0) is 9.42. The summed E-state index contributed by atoms with van der Waals surface area (Å²) in [6, 6.07) is 0. The van der Waals surface area contributed by atoms with Crippen LogP contribution in [0.2, 0.25) is 0 Å². The molecule has 0 unspecified atom stereocenters. The Morgan fingerprint density at radius 1 is 1.46 bits per heavy atom. The van der Waals surface area contributed by atoms with Crippen molar-refractivity contribution in [2.75, 3.05) is 0 Å². The van der Waals surface area contributed by atoms with Crippen LogP contribution in [0.25, 0.3) is 0 Å². The van der Waals surface area contributed by atoms with Crippen LogP contribution < -0.4 is 0 Å². The third kappa shape index (κ3) is 1.52. The standard InChI is InChI=1S/C9H10ClN3/c1-6-5-9-11-8(10)3-4-13(9)12-7(6)2/h3-5,8H,1-2H3/t8-/m0/s1. The van der Waals surface area contributed by atoms with Crippen LogP contribution >= 0.6 is 11.6 Å². The molecule has 2 aliphatic rings. The Hall–Kier alpha value is -1.09. The molecule has 2 heterocycles. The molecule has 0 aromatic heterocycles. The molecule has 0 saturated heterocycles. The van der Waals surface area contributed by atoms with Gasteiger partial charge in [-0.2, -0.15) is 5.10 Å². The average Bonchev–Trinajstić information content (AvgIpc) is 2.08. The van der Waals surface area contributed by atoms with Gasteiger partial charge in [-0.15, -0.1) is 0 Å². The van der Waals surface area contributed by atoms with Gasteiger partial charge in [0.25, 0.3) is 0 Å². The predicted octanol–water partition coefficient (Wildman–Crippen LogP) is 2.11. The monoisotopic (exact) mass is 195 g/mol. The molecule has 68 valence electrons. The Balaban J connectivity index is 2.37. The van der Waals surface area contributed by atoms with E-state index in [9.17, 15) is 0 Å². The van der Waals surface area contributed by atoms with Crippen molar-refractivity contribution in [1.82, 2.24) is 5.01 Å². The van der Waals surface area contributed by atoms with Crippen molar-refractivity contribution in [3.8, 4) is 0 Å². The minimum Gasteiger partial charge on any atom is -0.243 e. The molecule has 0 fully saturated rings. The van der Waals surface area contributed by atoms with Crippen LogP contribution in [0, 0.1) is 0 Å². The highest BCUT2D eigenvalue weighted by atomic mass is 35.5. The van der Waals surface area contributed by atoms with Gasteiger partial charge in [0.2, 0.25) is 0 Å². The molecule has 0 radical (unpaired) electrons. The van der Waals surface area contributed by atoms with Gasteiger partial charge in [-0.3, -0.25) is 0 Å². The molecule has 4 heteroatoms. The predicted molar refractivity (Wildman–Crippen MR) is 54.9 cm³/mol. The minimum atomic E-state index is -0.260. The van der Waals surface area contributed by atoms with Gasteiger partial charge in [0.1, 0.15) is 5.50 Å². The number of hydrogen-bond donors (Lipinski definition) is 0. The fraction of sp³-hybridized carbons (Fsp3) is 0.333. The van der Waals surface area contributed by atoms with Crippen LogP contribution in [0.1, 0.15) is 13.8 Å². The lowest BCUT2D eigenvalue weighted by Crippen LogP contribution is -2.28. The molecule has 3 nitrogen and oxygen atoms in total. The van der Waals surface area contributed by atoms with Crippen LogP contribution in [0.4, 0.5) is 0 Å². The second-order valence-corrected chi connectivity index (χ2v) is 3.51. The maximum Gasteiger partial charge on any atom is 0.150 e. The van der Waals surface area contributed by atoms with E-state index in [1.54, 1.807) is 11.1 Å². The van der Waals surface area contributed by atoms with E-state index in [4.69, 9.17) is 11.6 Å². The lowest BCUT2D eigenvalue weighted by molar-refractivity contribution is 0.583. The molecule has 1 atom stereocenters. The number of fused-ring (bicyclic) bond motifs is 1. The van der Waals surface area contributed by atoms with Gasteiger partial charge in [-0.05, 0) is 31.6 Å². The summed E-state index contributed by atoms with van der Waals surface area (Å²) in [5.74, 6) is 0.811. The molecule has 0 saturated carbocycles. The van der Waals surface area contributed by atoms with Gasteiger partial charge in [-0.25, -0.2) is 10.0 Å². The summed E-state index contributed by atoms with van der Waals surface area (Å²) in [7, 11) is 0. The number of halogens is 1. The van der Waals surface area contributed by atoms with Gasteiger partial charge >= 0.3 is 0 Å². The Morgan fingerprint density at radius 3 is 3.00 bits per heavy atom. The lowest BCUT2D eigenvalue weighted by atomic mass is 10.1. The summed E-state index contributed by atoms with van der Waals surface area (Å²) in [6.45, 7) is 3.99. The van der Waals surface area contributed by atoms with Crippen LogP contribution in [-0.2, 0) is 0 Å². The molecule has 0 N–H and O–H groups in total. The second kappa shape index (κ2) is 3.00. The van der Waals surface area contributed by atoms with Crippen molar-refractivity contribution in [1.29, 1.82) is 0 Å². The fourth-order valence-corrected chi connectivity index (χ4v) is 1.35. The number of allylic oxidation sites excluding steroid dienone is 1. The van der Waals surface area contributed by atoms with Gasteiger partial charge < -0.3 is 0 Å². The van der Waals surface area contributed by atoms with E-state index < -0.39 is 0 Å². The van der Waals surface area contributed by atoms with E-state index in [2.05, 4.69) is 10.1 Å². The molecular weight excluding hydrogens is 186 g/mol. The molecule has 2 aliphatic heterocycles. The van der Waals surface area contributed by atoms with Crippen LogP contribution in [0.15, 0.2) is 34.0 Å². The first kappa shape index (κ1) is 8.51. The first-order valence-corrected chi connectivity index (χ1v) is 4.54. The molecule has 2 rings (SSSR count). The summed E-state index contributed by atoms with van der Waals surface area (Å²) in [6.07, 6.45) is 5.63. The normalized spacial score (nSPS) is 26.2. The van der Waals surface area contributed by atoms with Crippen molar-refractivity contribution < 1.29 is 0 Å². The van der Waals surface area contributed by atoms with Crippen LogP contribution in [0.3, 0.4) is 0 Å². The molecular formula is C9H10ClN3. The summed E-state index contributed by atoms with van der Waals surface area (Å²) >= 11 is 5.84. The molecule has 0 amide bonds. The quantitative estimate of drug-likeness (QED) is 0.430. The van der Waals surface area contributed by atoms with E-state index in [1.807, 2.05) is 26.1 Å². The maximum atomic E-state index is 5.84. The zero-order valence-electron chi connectivity index (χ0n) is 7.53. The van der Waals surface area contributed by atoms with E-state index in [1.165, 1.54) is 0 Å². The Labute approximate surface area is 82.1 Å². The third-order valence-electron chi connectivity index (χ3n) is 2.05. The van der Waals surface area contributed by atoms with Crippen LogP contribution in [-0.4, -0.2) is 22.1 Å². The van der Waals surface area contributed by atoms with Crippen molar-refractivity contribution in [3.05, 3.63) is 23.9 Å². The van der Waals surface area contributed by atoms with Gasteiger partial charge in [0, 0.05) is 6.20 Å². The largest absolute Gasteiger partial charge is 0.243 e. The number of hydrogen-bond acceptors (Lipinski definition) is 3. The highest BCUT2D eigenvalue weighted by Gasteiger charge is 2.17. The number of aliphatic imine (C=N–C) groups is 1. The number of rotatable bonds is 0. The minimum absolute atomic E-state index is 0.260. The lowest BCUT2D eigenvalue weighted by Gasteiger charge is -2.24. The number of amidine groups is 1. The third-order valence-corrected chi connectivity index (χ3v) is 2.29. The van der Waals surface area contributed by atoms with Gasteiger partial charge in [0.15, 0.2) is 5.84 Å². The van der Waals surface area contributed by atoms with E-state index >= 15 is 0 Å². The topological polar surface area (TPSA) is 28.0 Å². The van der Waals surface area contributed by atoms with Crippen molar-refractivity contribution >= 4 is 23.1 Å². The Morgan fingerprint density at radius 2 is 2.23 bits per heavy atom. The number of alkyl halides is 1. The van der Waals surface area contributed by atoms with Gasteiger partial charge in [0.05, 0.1) is 5.71 Å². The second-order valence-electron chi connectivity index (χ2n) is 3.06. The SMILES string of the molecule is CC1=CC2=N[C@H](Cl)C=CN2N=C1C. The summed E-state index contributed by atoms with van der Waals surface area (Å²) in [5.41, 5.74) is 1.88. The molecule has 0 spiro atoms. The van der Waals surface area contributed by atoms with Crippen molar-refractivity contribution in [2.45, 2.75) is 19.3 Å². The smallest absolute Gasteiger partial charge is 0.150 e. The molecule has 0 aliphatic carbocycles. The summed E-state index contributed by atoms with van der Waals surface area (Å²) in [4.78, 5) is 4.23. The highest BCUT2D eigenvalue weighted by molar-refractivity contribution is 6.23. The fourth-order valence-electron chi connectivity index (χ4n) is 1.18. The number of nitrogens with zero attached hydrogens (tertiary/aromatic N) is 3. The first-order valence-electron chi connectivity index (χ1n) is 4.10. The van der Waals surface area contributed by atoms with Crippen LogP contribution in [0.5, 0.6) is 0 Å². The zero-order valence-corrected chi connectivity index (χ0v) is 8.28. The first-order chi connectivity index (χ1) is 6.16. The molecule has 0 aromatic rings. The maximum absolute atomic E-state index is 5.84. The Kier molecular flexibility index (Phi) is 1.96. The molecule has 0 bridgehead atoms. The molecule has 0 aromatic carbocycles. The van der Waals surface area contributed by atoms with E-state index in [0.717, 1.165) is 17.1 Å². The van der Waals surface area contributed by atoms with Crippen molar-refractivity contribution in [3.63, 3.8) is 0 Å². The highest BCUT2D eigenvalue weighted by Crippen LogP contribution is 2.17. The van der Waals surface area contributed by atoms with E-state index in [-0.39, 0.29) is 5.50 Å². The molecule has 13 heavy (non-hydrogen) atoms. The average molecular weight is 196 g/mol.